The molecule has 0 bridgehead atoms. The van der Waals surface area contributed by atoms with Gasteiger partial charge in [-0.1, -0.05) is 11.6 Å². The van der Waals surface area contributed by atoms with Gasteiger partial charge in [0.2, 0.25) is 0 Å². The van der Waals surface area contributed by atoms with Crippen LogP contribution in [-0.2, 0) is 0 Å². The van der Waals surface area contributed by atoms with Crippen molar-refractivity contribution in [3.63, 3.8) is 0 Å². The molecule has 0 aliphatic carbocycles. The summed E-state index contributed by atoms with van der Waals surface area (Å²) in [6, 6.07) is 7.49. The van der Waals surface area contributed by atoms with Crippen LogP contribution in [0.1, 0.15) is 20.7 Å². The maximum absolute atomic E-state index is 12.1. The number of aromatic nitrogens is 1. The zero-order chi connectivity index (χ0) is 18.0. The van der Waals surface area contributed by atoms with Crippen LogP contribution in [0.25, 0.3) is 11.1 Å². The predicted octanol–water partition coefficient (Wildman–Crippen LogP) is -1.19. The third-order valence-corrected chi connectivity index (χ3v) is 3.59. The van der Waals surface area contributed by atoms with E-state index in [9.17, 15) is 19.5 Å². The first kappa shape index (κ1) is 19.9. The van der Waals surface area contributed by atoms with Gasteiger partial charge in [0.15, 0.2) is 12.0 Å². The second-order valence-corrected chi connectivity index (χ2v) is 5.33. The number of nitrogens with one attached hydrogen (secondary N) is 2. The normalized spacial score (nSPS) is 10.0. The van der Waals surface area contributed by atoms with E-state index >= 15 is 0 Å². The average Bonchev–Trinajstić information content (AvgIpc) is 3.03. The van der Waals surface area contributed by atoms with E-state index in [2.05, 4.69) is 15.6 Å². The van der Waals surface area contributed by atoms with Gasteiger partial charge < -0.3 is 19.6 Å². The fraction of sp³-hybridized carbons (Fsp3) is 0. The number of carboxylic acid groups (broad SMARTS) is 1. The second kappa shape index (κ2) is 8.33. The summed E-state index contributed by atoms with van der Waals surface area (Å²) < 4.78 is 5.09. The molecule has 0 saturated carbocycles. The number of benzene rings is 2. The molecule has 0 saturated heterocycles. The minimum Gasteiger partial charge on any atom is -0.545 e. The van der Waals surface area contributed by atoms with Crippen LogP contribution in [0, 0.1) is 0 Å². The third kappa shape index (κ3) is 4.41. The van der Waals surface area contributed by atoms with Gasteiger partial charge in [-0.25, -0.2) is 9.78 Å². The van der Waals surface area contributed by atoms with Crippen molar-refractivity contribution in [2.75, 3.05) is 5.32 Å². The van der Waals surface area contributed by atoms with Crippen LogP contribution in [0.5, 0.6) is 0 Å². The number of hydrogen-bond donors (Lipinski definition) is 2. The molecular formula is C16H9ClN3NaO5. The molecule has 0 aliphatic rings. The molecular weight excluding hydrogens is 373 g/mol. The fourth-order valence-corrected chi connectivity index (χ4v) is 2.29. The Kier molecular flexibility index (Phi) is 6.38. The summed E-state index contributed by atoms with van der Waals surface area (Å²) in [7, 11) is 0. The van der Waals surface area contributed by atoms with Crippen molar-refractivity contribution >= 4 is 46.3 Å². The molecule has 0 atom stereocenters. The number of aromatic carboxylic acids is 1. The second-order valence-electron chi connectivity index (χ2n) is 4.93. The molecule has 1 aromatic heterocycles. The summed E-state index contributed by atoms with van der Waals surface area (Å²) in [4.78, 5) is 38.8. The van der Waals surface area contributed by atoms with Gasteiger partial charge in [-0.15, -0.1) is 0 Å². The number of imide groups is 1. The first-order valence-corrected chi connectivity index (χ1v) is 7.28. The molecule has 10 heteroatoms. The summed E-state index contributed by atoms with van der Waals surface area (Å²) in [6.07, 6.45) is 1.24. The minimum absolute atomic E-state index is 0. The molecule has 0 spiro atoms. The monoisotopic (exact) mass is 381 g/mol. The van der Waals surface area contributed by atoms with Crippen LogP contribution in [0.4, 0.5) is 10.5 Å². The van der Waals surface area contributed by atoms with E-state index in [1.165, 1.54) is 30.7 Å². The predicted molar refractivity (Wildman–Crippen MR) is 86.3 cm³/mol. The molecule has 0 unspecified atom stereocenters. The molecule has 1 heterocycles. The number of halogens is 1. The van der Waals surface area contributed by atoms with Crippen molar-refractivity contribution in [3.05, 3.63) is 58.9 Å². The van der Waals surface area contributed by atoms with E-state index in [4.69, 9.17) is 16.0 Å². The summed E-state index contributed by atoms with van der Waals surface area (Å²) in [5.41, 5.74) is 1.05. The average molecular weight is 382 g/mol. The molecule has 0 radical (unpaired) electrons. The Morgan fingerprint density at radius 2 is 1.88 bits per heavy atom. The van der Waals surface area contributed by atoms with Gasteiger partial charge in [-0.05, 0) is 36.4 Å². The quantitative estimate of drug-likeness (QED) is 0.550. The molecule has 3 aromatic rings. The number of anilines is 1. The number of urea groups is 1. The number of oxazole rings is 1. The summed E-state index contributed by atoms with van der Waals surface area (Å²) >= 11 is 5.71. The van der Waals surface area contributed by atoms with Gasteiger partial charge in [0.05, 0.1) is 5.97 Å². The van der Waals surface area contributed by atoms with Crippen molar-refractivity contribution in [2.45, 2.75) is 0 Å². The van der Waals surface area contributed by atoms with E-state index in [1.807, 2.05) is 0 Å². The molecule has 3 amide bonds. The number of carbonyl (C=O) groups excluding carboxylic acids is 3. The maximum atomic E-state index is 12.1. The summed E-state index contributed by atoms with van der Waals surface area (Å²) in [5, 5.41) is 15.3. The van der Waals surface area contributed by atoms with Crippen LogP contribution >= 0.6 is 11.6 Å². The first-order chi connectivity index (χ1) is 11.9. The zero-order valence-electron chi connectivity index (χ0n) is 13.4. The summed E-state index contributed by atoms with van der Waals surface area (Å²) in [5.74, 6) is -2.14. The van der Waals surface area contributed by atoms with Crippen molar-refractivity contribution in [1.29, 1.82) is 0 Å². The number of amides is 3. The Hall–Kier alpha value is -2.39. The van der Waals surface area contributed by atoms with Crippen LogP contribution < -0.4 is 45.3 Å². The van der Waals surface area contributed by atoms with E-state index in [-0.39, 0.29) is 51.4 Å². The number of nitrogens with zero attached hydrogens (tertiary/aromatic N) is 1. The minimum atomic E-state index is -1.48. The fourth-order valence-electron chi connectivity index (χ4n) is 2.09. The van der Waals surface area contributed by atoms with Crippen LogP contribution in [0.3, 0.4) is 0 Å². The van der Waals surface area contributed by atoms with E-state index in [1.54, 1.807) is 6.07 Å². The smallest absolute Gasteiger partial charge is 0.545 e. The number of rotatable bonds is 3. The van der Waals surface area contributed by atoms with Crippen LogP contribution in [0.15, 0.2) is 47.2 Å². The molecule has 2 N–H and O–H groups in total. The topological polar surface area (TPSA) is 124 Å². The number of fused-ring (bicyclic) bond motifs is 1. The van der Waals surface area contributed by atoms with Crippen molar-refractivity contribution in [3.8, 4) is 0 Å². The van der Waals surface area contributed by atoms with Crippen LogP contribution in [0.2, 0.25) is 5.02 Å². The molecule has 8 nitrogen and oxygen atoms in total. The van der Waals surface area contributed by atoms with Gasteiger partial charge in [0.25, 0.3) is 5.91 Å². The van der Waals surface area contributed by atoms with Crippen molar-refractivity contribution in [2.24, 2.45) is 0 Å². The molecule has 2 aromatic carbocycles. The van der Waals surface area contributed by atoms with Gasteiger partial charge in [0, 0.05) is 21.8 Å². The number of carboxylic acids is 1. The van der Waals surface area contributed by atoms with Crippen LogP contribution in [-0.4, -0.2) is 22.9 Å². The van der Waals surface area contributed by atoms with E-state index in [0.717, 1.165) is 6.07 Å². The Bertz CT molecular complexity index is 1000. The van der Waals surface area contributed by atoms with Crippen molar-refractivity contribution in [1.82, 2.24) is 10.3 Å². The molecule has 0 aliphatic heterocycles. The molecule has 126 valence electrons. The van der Waals surface area contributed by atoms with E-state index < -0.39 is 17.9 Å². The summed E-state index contributed by atoms with van der Waals surface area (Å²) in [6.45, 7) is 0. The van der Waals surface area contributed by atoms with Crippen molar-refractivity contribution < 1.29 is 53.5 Å². The Morgan fingerprint density at radius 1 is 1.12 bits per heavy atom. The molecule has 26 heavy (non-hydrogen) atoms. The SMILES string of the molecule is O=C(NC(=O)c1ccc2ncoc2c1)Nc1ccc(Cl)c(C(=O)[O-])c1.[Na+]. The first-order valence-electron chi connectivity index (χ1n) is 6.90. The zero-order valence-corrected chi connectivity index (χ0v) is 16.2. The Balaban J connectivity index is 0.00000243. The standard InChI is InChI=1S/C16H10ClN3O5.Na/c17-11-3-2-9(6-10(11)15(22)23)19-16(24)20-14(21)8-1-4-12-13(5-8)25-7-18-12;/h1-7H,(H,22,23)(H2,19,20,21,24);/q;+1/p-1. The largest absolute Gasteiger partial charge is 1.00 e. The molecule has 0 fully saturated rings. The third-order valence-electron chi connectivity index (χ3n) is 3.26. The number of hydrogen-bond acceptors (Lipinski definition) is 6. The Labute approximate surface area is 173 Å². The van der Waals surface area contributed by atoms with Gasteiger partial charge in [0.1, 0.15) is 5.52 Å². The Morgan fingerprint density at radius 3 is 2.62 bits per heavy atom. The van der Waals surface area contributed by atoms with Gasteiger partial charge in [-0.3, -0.25) is 10.1 Å². The maximum Gasteiger partial charge on any atom is 1.00 e. The van der Waals surface area contributed by atoms with Gasteiger partial charge >= 0.3 is 35.6 Å². The number of carbonyl (C=O) groups is 3. The molecule has 3 rings (SSSR count). The van der Waals surface area contributed by atoms with Gasteiger partial charge in [-0.2, -0.15) is 0 Å². The van der Waals surface area contributed by atoms with E-state index in [0.29, 0.717) is 11.1 Å².